The predicted octanol–water partition coefficient (Wildman–Crippen LogP) is 5.50. The Morgan fingerprint density at radius 2 is 1.77 bits per heavy atom. The molecule has 26 heavy (non-hydrogen) atoms. The Bertz CT molecular complexity index is 1270. The number of imidazole rings is 1. The molecular formula is C18H11BrClN5S. The Kier molecular flexibility index (Phi) is 3.63. The summed E-state index contributed by atoms with van der Waals surface area (Å²) in [7, 11) is 0. The lowest BCUT2D eigenvalue weighted by atomic mass is 10.1. The average molecular weight is 445 g/mol. The number of nitrogens with zero attached hydrogens (tertiary/aromatic N) is 5. The van der Waals surface area contributed by atoms with Gasteiger partial charge in [-0.05, 0) is 41.1 Å². The van der Waals surface area contributed by atoms with Crippen LogP contribution in [0.15, 0.2) is 53.1 Å². The van der Waals surface area contributed by atoms with Gasteiger partial charge in [0.2, 0.25) is 9.92 Å². The molecule has 5 aromatic rings. The van der Waals surface area contributed by atoms with Gasteiger partial charge in [-0.1, -0.05) is 58.8 Å². The Hall–Kier alpha value is -2.22. The summed E-state index contributed by atoms with van der Waals surface area (Å²) in [5, 5.41) is 9.41. The standard InChI is InChI=1S/C18H11BrClN5S/c1-10-3-2-4-12(9-10)16-22-23-18-25(16)24-15(19)14(21-17(24)26-18)11-5-7-13(20)8-6-11/h2-9H,1H3. The summed E-state index contributed by atoms with van der Waals surface area (Å²) < 4.78 is 4.85. The van der Waals surface area contributed by atoms with Gasteiger partial charge in [-0.15, -0.1) is 10.2 Å². The molecule has 0 spiro atoms. The van der Waals surface area contributed by atoms with Gasteiger partial charge in [0.1, 0.15) is 10.3 Å². The molecule has 3 aromatic heterocycles. The summed E-state index contributed by atoms with van der Waals surface area (Å²) in [6.07, 6.45) is 0. The second-order valence-electron chi connectivity index (χ2n) is 5.94. The molecule has 0 aliphatic heterocycles. The third kappa shape index (κ3) is 2.39. The van der Waals surface area contributed by atoms with Gasteiger partial charge in [0.05, 0.1) is 0 Å². The van der Waals surface area contributed by atoms with E-state index in [0.717, 1.165) is 37.2 Å². The second-order valence-corrected chi connectivity index (χ2v) is 8.06. The molecule has 8 heteroatoms. The highest BCUT2D eigenvalue weighted by atomic mass is 79.9. The van der Waals surface area contributed by atoms with E-state index in [-0.39, 0.29) is 0 Å². The molecule has 0 saturated heterocycles. The third-order valence-corrected chi connectivity index (χ3v) is 6.01. The van der Waals surface area contributed by atoms with E-state index in [1.165, 1.54) is 16.9 Å². The average Bonchev–Trinajstić information content (AvgIpc) is 3.26. The summed E-state index contributed by atoms with van der Waals surface area (Å²) in [6.45, 7) is 2.07. The maximum Gasteiger partial charge on any atom is 0.235 e. The lowest BCUT2D eigenvalue weighted by molar-refractivity contribution is 0.862. The molecule has 0 unspecified atom stereocenters. The van der Waals surface area contributed by atoms with Crippen molar-refractivity contribution < 1.29 is 0 Å². The molecule has 0 saturated carbocycles. The van der Waals surface area contributed by atoms with Crippen molar-refractivity contribution >= 4 is 48.8 Å². The Morgan fingerprint density at radius 1 is 0.962 bits per heavy atom. The normalized spacial score (nSPS) is 11.7. The van der Waals surface area contributed by atoms with E-state index in [0.29, 0.717) is 5.02 Å². The van der Waals surface area contributed by atoms with Crippen LogP contribution in [0, 0.1) is 6.92 Å². The minimum Gasteiger partial charge on any atom is -0.216 e. The maximum absolute atomic E-state index is 6.01. The monoisotopic (exact) mass is 443 g/mol. The molecule has 0 amide bonds. The van der Waals surface area contributed by atoms with Gasteiger partial charge in [-0.2, -0.15) is 4.52 Å². The Morgan fingerprint density at radius 3 is 2.54 bits per heavy atom. The molecule has 0 aliphatic rings. The highest BCUT2D eigenvalue weighted by Crippen LogP contribution is 2.34. The zero-order chi connectivity index (χ0) is 17.8. The first-order chi connectivity index (χ1) is 12.6. The number of hydrogen-bond acceptors (Lipinski definition) is 4. The van der Waals surface area contributed by atoms with E-state index in [9.17, 15) is 0 Å². The first-order valence-corrected chi connectivity index (χ1v) is 9.86. The number of aromatic nitrogens is 5. The quantitative estimate of drug-likeness (QED) is 0.361. The SMILES string of the molecule is Cc1cccc(-c2nnc3sc4nc(-c5ccc(Cl)cc5)c(Br)n4n23)c1. The van der Waals surface area contributed by atoms with Crippen LogP contribution in [0.3, 0.4) is 0 Å². The van der Waals surface area contributed by atoms with Crippen LogP contribution in [0.4, 0.5) is 0 Å². The summed E-state index contributed by atoms with van der Waals surface area (Å²) in [4.78, 5) is 6.42. The predicted molar refractivity (Wildman–Crippen MR) is 108 cm³/mol. The maximum atomic E-state index is 6.01. The van der Waals surface area contributed by atoms with Crippen LogP contribution < -0.4 is 0 Å². The third-order valence-electron chi connectivity index (χ3n) is 4.16. The molecular weight excluding hydrogens is 434 g/mol. The van der Waals surface area contributed by atoms with E-state index in [4.69, 9.17) is 16.6 Å². The fraction of sp³-hybridized carbons (Fsp3) is 0.0556. The number of halogens is 2. The van der Waals surface area contributed by atoms with Crippen molar-refractivity contribution in [3.8, 4) is 22.6 Å². The summed E-state index contributed by atoms with van der Waals surface area (Å²) in [6, 6.07) is 15.9. The highest BCUT2D eigenvalue weighted by molar-refractivity contribution is 9.10. The minimum absolute atomic E-state index is 0.703. The van der Waals surface area contributed by atoms with Crippen molar-refractivity contribution in [2.24, 2.45) is 0 Å². The summed E-state index contributed by atoms with van der Waals surface area (Å²) in [5.41, 5.74) is 4.05. The molecule has 2 aromatic carbocycles. The molecule has 0 fully saturated rings. The van der Waals surface area contributed by atoms with Crippen LogP contribution in [0.2, 0.25) is 5.02 Å². The number of rotatable bonds is 2. The first kappa shape index (κ1) is 16.0. The zero-order valence-corrected chi connectivity index (χ0v) is 16.7. The fourth-order valence-electron chi connectivity index (χ4n) is 2.96. The molecule has 0 aliphatic carbocycles. The first-order valence-electron chi connectivity index (χ1n) is 7.87. The van der Waals surface area contributed by atoms with Crippen molar-refractivity contribution in [2.75, 3.05) is 0 Å². The van der Waals surface area contributed by atoms with Crippen molar-refractivity contribution in [1.82, 2.24) is 24.2 Å². The molecule has 3 heterocycles. The highest BCUT2D eigenvalue weighted by Gasteiger charge is 2.20. The lowest BCUT2D eigenvalue weighted by Crippen LogP contribution is -1.97. The van der Waals surface area contributed by atoms with Gasteiger partial charge in [-0.3, -0.25) is 0 Å². The molecule has 0 N–H and O–H groups in total. The summed E-state index contributed by atoms with van der Waals surface area (Å²) >= 11 is 11.2. The Balaban J connectivity index is 1.78. The number of aryl methyl sites for hydroxylation is 1. The van der Waals surface area contributed by atoms with Crippen molar-refractivity contribution in [2.45, 2.75) is 6.92 Å². The van der Waals surface area contributed by atoms with Gasteiger partial charge < -0.3 is 0 Å². The van der Waals surface area contributed by atoms with Crippen molar-refractivity contribution in [1.29, 1.82) is 0 Å². The van der Waals surface area contributed by atoms with Crippen LogP contribution in [-0.4, -0.2) is 24.2 Å². The van der Waals surface area contributed by atoms with E-state index < -0.39 is 0 Å². The van der Waals surface area contributed by atoms with E-state index in [2.05, 4.69) is 45.2 Å². The van der Waals surface area contributed by atoms with Crippen LogP contribution in [0.5, 0.6) is 0 Å². The van der Waals surface area contributed by atoms with Crippen LogP contribution in [0.25, 0.3) is 32.6 Å². The number of fused-ring (bicyclic) bond motifs is 3. The minimum atomic E-state index is 0.703. The number of benzene rings is 2. The lowest BCUT2D eigenvalue weighted by Gasteiger charge is -2.02. The zero-order valence-electron chi connectivity index (χ0n) is 13.5. The molecule has 128 valence electrons. The summed E-state index contributed by atoms with van der Waals surface area (Å²) in [5.74, 6) is 0.788. The van der Waals surface area contributed by atoms with E-state index in [1.54, 1.807) is 0 Å². The van der Waals surface area contributed by atoms with E-state index in [1.807, 2.05) is 45.4 Å². The second kappa shape index (κ2) is 5.90. The van der Waals surface area contributed by atoms with Crippen molar-refractivity contribution in [3.05, 3.63) is 63.7 Å². The van der Waals surface area contributed by atoms with Crippen LogP contribution in [-0.2, 0) is 0 Å². The largest absolute Gasteiger partial charge is 0.235 e. The molecule has 0 bridgehead atoms. The molecule has 0 atom stereocenters. The van der Waals surface area contributed by atoms with Gasteiger partial charge in [-0.25, -0.2) is 9.50 Å². The van der Waals surface area contributed by atoms with Gasteiger partial charge in [0, 0.05) is 16.1 Å². The smallest absolute Gasteiger partial charge is 0.216 e. The van der Waals surface area contributed by atoms with Crippen molar-refractivity contribution in [3.63, 3.8) is 0 Å². The van der Waals surface area contributed by atoms with Crippen LogP contribution >= 0.6 is 38.9 Å². The van der Waals surface area contributed by atoms with Crippen LogP contribution in [0.1, 0.15) is 5.56 Å². The molecule has 5 nitrogen and oxygen atoms in total. The molecule has 5 rings (SSSR count). The number of hydrogen-bond donors (Lipinski definition) is 0. The van der Waals surface area contributed by atoms with E-state index >= 15 is 0 Å². The van der Waals surface area contributed by atoms with Gasteiger partial charge in [0.25, 0.3) is 0 Å². The Labute approximate surface area is 166 Å². The fourth-order valence-corrected chi connectivity index (χ4v) is 4.74. The topological polar surface area (TPSA) is 47.5 Å². The molecule has 0 radical (unpaired) electrons. The van der Waals surface area contributed by atoms with Gasteiger partial charge in [0.15, 0.2) is 5.82 Å². The van der Waals surface area contributed by atoms with Gasteiger partial charge >= 0.3 is 0 Å².